The zero-order valence-corrected chi connectivity index (χ0v) is 10.4. The van der Waals surface area contributed by atoms with Crippen LogP contribution in [0.4, 0.5) is 0 Å². The van der Waals surface area contributed by atoms with E-state index in [1.54, 1.807) is 0 Å². The molecule has 1 aliphatic carbocycles. The maximum absolute atomic E-state index is 11.4. The van der Waals surface area contributed by atoms with Crippen LogP contribution in [0.1, 0.15) is 32.6 Å². The van der Waals surface area contributed by atoms with Crippen molar-refractivity contribution in [3.8, 4) is 0 Å². The van der Waals surface area contributed by atoms with Crippen LogP contribution in [0.3, 0.4) is 0 Å². The molecular weight excluding hydrogens is 220 g/mol. The minimum atomic E-state index is -0.545. The van der Waals surface area contributed by atoms with E-state index in [0.29, 0.717) is 38.4 Å². The van der Waals surface area contributed by atoms with Crippen LogP contribution in [0.25, 0.3) is 0 Å². The van der Waals surface area contributed by atoms with Crippen molar-refractivity contribution >= 4 is 6.29 Å². The molecule has 0 atom stereocenters. The third-order valence-electron chi connectivity index (χ3n) is 3.82. The second-order valence-corrected chi connectivity index (χ2v) is 4.74. The van der Waals surface area contributed by atoms with E-state index < -0.39 is 11.2 Å². The van der Waals surface area contributed by atoms with E-state index in [2.05, 4.69) is 6.58 Å². The second-order valence-electron chi connectivity index (χ2n) is 4.74. The summed E-state index contributed by atoms with van der Waals surface area (Å²) in [6, 6.07) is 0. The lowest BCUT2D eigenvalue weighted by Crippen LogP contribution is -2.41. The number of hydrogen-bond acceptors (Lipinski definition) is 4. The Morgan fingerprint density at radius 1 is 1.29 bits per heavy atom. The van der Waals surface area contributed by atoms with Gasteiger partial charge in [-0.25, -0.2) is 0 Å². The Balaban J connectivity index is 2.03. The predicted octanol–water partition coefficient (Wildman–Crippen LogP) is 2.04. The molecule has 1 saturated heterocycles. The van der Waals surface area contributed by atoms with E-state index in [0.717, 1.165) is 19.1 Å². The Morgan fingerprint density at radius 2 is 1.88 bits per heavy atom. The first-order chi connectivity index (χ1) is 8.16. The van der Waals surface area contributed by atoms with E-state index >= 15 is 0 Å². The summed E-state index contributed by atoms with van der Waals surface area (Å²) in [5.74, 6) is 0.141. The number of aldehydes is 1. The molecule has 1 heterocycles. The monoisotopic (exact) mass is 240 g/mol. The highest BCUT2D eigenvalue weighted by molar-refractivity contribution is 5.64. The first kappa shape index (κ1) is 12.6. The topological polar surface area (TPSA) is 44.8 Å². The minimum absolute atomic E-state index is 0.445. The fourth-order valence-electron chi connectivity index (χ4n) is 2.64. The third kappa shape index (κ3) is 2.24. The molecule has 0 aromatic carbocycles. The number of carbonyl (C=O) groups is 1. The Hall–Kier alpha value is -0.870. The first-order valence-electron chi connectivity index (χ1n) is 6.23. The van der Waals surface area contributed by atoms with Crippen LogP contribution in [0.5, 0.6) is 0 Å². The van der Waals surface area contributed by atoms with Crippen molar-refractivity contribution in [2.24, 2.45) is 5.41 Å². The average molecular weight is 240 g/mol. The standard InChI is InChI=1S/C13H20O4/c1-3-15-11(2)12(10-14)4-6-13(7-5-12)16-8-9-17-13/h10H,2-9H2,1H3. The maximum Gasteiger partial charge on any atom is 0.168 e. The predicted molar refractivity (Wildman–Crippen MR) is 62.4 cm³/mol. The normalized spacial score (nSPS) is 25.7. The summed E-state index contributed by atoms with van der Waals surface area (Å²) in [6.45, 7) is 7.65. The largest absolute Gasteiger partial charge is 0.498 e. The van der Waals surface area contributed by atoms with Gasteiger partial charge in [0.1, 0.15) is 12.0 Å². The Labute approximate surface area is 102 Å². The maximum atomic E-state index is 11.4. The summed E-state index contributed by atoms with van der Waals surface area (Å²) < 4.78 is 16.7. The highest BCUT2D eigenvalue weighted by Crippen LogP contribution is 2.47. The molecule has 1 saturated carbocycles. The molecule has 0 aromatic heterocycles. The molecule has 0 aromatic rings. The van der Waals surface area contributed by atoms with Gasteiger partial charge in [-0.3, -0.25) is 0 Å². The molecule has 1 aliphatic heterocycles. The zero-order chi connectivity index (χ0) is 12.4. The van der Waals surface area contributed by atoms with Crippen molar-refractivity contribution in [2.45, 2.75) is 38.4 Å². The molecular formula is C13H20O4. The Morgan fingerprint density at radius 3 is 2.35 bits per heavy atom. The van der Waals surface area contributed by atoms with E-state index in [9.17, 15) is 4.79 Å². The lowest BCUT2D eigenvalue weighted by Gasteiger charge is -2.40. The van der Waals surface area contributed by atoms with Crippen LogP contribution in [0, 0.1) is 5.41 Å². The minimum Gasteiger partial charge on any atom is -0.498 e. The molecule has 17 heavy (non-hydrogen) atoms. The van der Waals surface area contributed by atoms with Gasteiger partial charge in [0.15, 0.2) is 5.79 Å². The fraction of sp³-hybridized carbons (Fsp3) is 0.769. The zero-order valence-electron chi connectivity index (χ0n) is 10.4. The smallest absolute Gasteiger partial charge is 0.168 e. The molecule has 0 unspecified atom stereocenters. The molecule has 0 bridgehead atoms. The quantitative estimate of drug-likeness (QED) is 0.557. The van der Waals surface area contributed by atoms with Crippen LogP contribution >= 0.6 is 0 Å². The summed E-state index contributed by atoms with van der Waals surface area (Å²) in [4.78, 5) is 11.4. The number of allylic oxidation sites excluding steroid dienone is 1. The number of carbonyl (C=O) groups excluding carboxylic acids is 1. The number of ether oxygens (including phenoxy) is 3. The van der Waals surface area contributed by atoms with Gasteiger partial charge in [-0.2, -0.15) is 0 Å². The van der Waals surface area contributed by atoms with Gasteiger partial charge in [-0.15, -0.1) is 0 Å². The Kier molecular flexibility index (Phi) is 3.54. The lowest BCUT2D eigenvalue weighted by molar-refractivity contribution is -0.190. The van der Waals surface area contributed by atoms with Gasteiger partial charge >= 0.3 is 0 Å². The molecule has 0 amide bonds. The summed E-state index contributed by atoms with van der Waals surface area (Å²) in [5, 5.41) is 0. The van der Waals surface area contributed by atoms with Crippen molar-refractivity contribution in [3.05, 3.63) is 12.3 Å². The molecule has 0 N–H and O–H groups in total. The first-order valence-corrected chi connectivity index (χ1v) is 6.23. The van der Waals surface area contributed by atoms with E-state index in [4.69, 9.17) is 14.2 Å². The van der Waals surface area contributed by atoms with Crippen LogP contribution in [-0.4, -0.2) is 31.9 Å². The number of hydrogen-bond donors (Lipinski definition) is 0. The molecule has 2 fully saturated rings. The van der Waals surface area contributed by atoms with E-state index in [1.165, 1.54) is 0 Å². The van der Waals surface area contributed by atoms with Crippen molar-refractivity contribution < 1.29 is 19.0 Å². The molecule has 4 nitrogen and oxygen atoms in total. The SMILES string of the molecule is C=C(OCC)C1(C=O)CCC2(CC1)OCCO2. The van der Waals surface area contributed by atoms with Gasteiger partial charge in [-0.05, 0) is 19.8 Å². The van der Waals surface area contributed by atoms with Crippen molar-refractivity contribution in [1.29, 1.82) is 0 Å². The lowest BCUT2D eigenvalue weighted by atomic mass is 9.72. The van der Waals surface area contributed by atoms with Crippen LogP contribution < -0.4 is 0 Å². The fourth-order valence-corrected chi connectivity index (χ4v) is 2.64. The number of rotatable bonds is 4. The van der Waals surface area contributed by atoms with Crippen molar-refractivity contribution in [2.75, 3.05) is 19.8 Å². The van der Waals surface area contributed by atoms with E-state index in [-0.39, 0.29) is 0 Å². The van der Waals surface area contributed by atoms with Crippen LogP contribution in [0.2, 0.25) is 0 Å². The summed E-state index contributed by atoms with van der Waals surface area (Å²) in [5.41, 5.74) is -0.545. The highest BCUT2D eigenvalue weighted by Gasteiger charge is 2.48. The summed E-state index contributed by atoms with van der Waals surface area (Å²) in [7, 11) is 0. The third-order valence-corrected chi connectivity index (χ3v) is 3.82. The molecule has 96 valence electrons. The highest BCUT2D eigenvalue weighted by atomic mass is 16.7. The van der Waals surface area contributed by atoms with Gasteiger partial charge in [0.2, 0.25) is 0 Å². The molecule has 0 radical (unpaired) electrons. The van der Waals surface area contributed by atoms with Crippen molar-refractivity contribution in [3.63, 3.8) is 0 Å². The Bertz CT molecular complexity index is 295. The molecule has 2 aliphatic rings. The van der Waals surface area contributed by atoms with Gasteiger partial charge < -0.3 is 19.0 Å². The summed E-state index contributed by atoms with van der Waals surface area (Å²) >= 11 is 0. The van der Waals surface area contributed by atoms with E-state index in [1.807, 2.05) is 6.92 Å². The van der Waals surface area contributed by atoms with Gasteiger partial charge in [0.05, 0.1) is 25.2 Å². The molecule has 2 rings (SSSR count). The van der Waals surface area contributed by atoms with Gasteiger partial charge in [0.25, 0.3) is 0 Å². The van der Waals surface area contributed by atoms with Gasteiger partial charge in [0, 0.05) is 12.8 Å². The van der Waals surface area contributed by atoms with Crippen molar-refractivity contribution in [1.82, 2.24) is 0 Å². The van der Waals surface area contributed by atoms with Gasteiger partial charge in [-0.1, -0.05) is 6.58 Å². The second kappa shape index (κ2) is 4.78. The van der Waals surface area contributed by atoms with Crippen LogP contribution in [0.15, 0.2) is 12.3 Å². The molecule has 1 spiro atoms. The molecule has 4 heteroatoms. The average Bonchev–Trinajstić information content (AvgIpc) is 2.80. The van der Waals surface area contributed by atoms with Crippen LogP contribution in [-0.2, 0) is 19.0 Å². The summed E-state index contributed by atoms with van der Waals surface area (Å²) in [6.07, 6.45) is 3.83.